The molecule has 1 aliphatic heterocycles. The molecule has 1 amide bonds. The van der Waals surface area contributed by atoms with Crippen LogP contribution in [0.1, 0.15) is 54.1 Å². The van der Waals surface area contributed by atoms with Crippen molar-refractivity contribution in [1.29, 1.82) is 0 Å². The summed E-state index contributed by atoms with van der Waals surface area (Å²) >= 11 is 1.51. The Bertz CT molecular complexity index is 957. The van der Waals surface area contributed by atoms with Crippen molar-refractivity contribution >= 4 is 28.8 Å². The molecular weight excluding hydrogens is 386 g/mol. The van der Waals surface area contributed by atoms with Crippen LogP contribution in [0.25, 0.3) is 5.76 Å². The second-order valence-corrected chi connectivity index (χ2v) is 8.68. The number of amides is 1. The molecule has 1 aromatic heterocycles. The summed E-state index contributed by atoms with van der Waals surface area (Å²) in [6.07, 6.45) is 5.08. The smallest absolute Gasteiger partial charge is 0.295 e. The van der Waals surface area contributed by atoms with Crippen LogP contribution in [0.5, 0.6) is 5.75 Å². The van der Waals surface area contributed by atoms with Gasteiger partial charge in [-0.15, -0.1) is 11.3 Å². The van der Waals surface area contributed by atoms with E-state index >= 15 is 0 Å². The van der Waals surface area contributed by atoms with Gasteiger partial charge in [0.1, 0.15) is 11.5 Å². The number of methoxy groups -OCH3 is 1. The molecule has 0 spiro atoms. The topological polar surface area (TPSA) is 66.8 Å². The quantitative estimate of drug-likeness (QED) is 0.445. The van der Waals surface area contributed by atoms with E-state index in [1.165, 1.54) is 11.3 Å². The molecule has 5 nitrogen and oxygen atoms in total. The minimum absolute atomic E-state index is 0.0372. The van der Waals surface area contributed by atoms with Gasteiger partial charge in [0.25, 0.3) is 11.7 Å². The third-order valence-electron chi connectivity index (χ3n) is 5.93. The number of aliphatic hydroxyl groups excluding tert-OH is 1. The maximum atomic E-state index is 13.1. The number of thiophene rings is 1. The lowest BCUT2D eigenvalue weighted by molar-refractivity contribution is -0.141. The van der Waals surface area contributed by atoms with E-state index in [1.54, 1.807) is 30.2 Å². The standard InChI is InChI=1S/C23H25NO4S/c1-14-13-15(10-11-17(14)28-2)21(25)19-20(18-9-6-12-29-18)24(23(27)22(19)26)16-7-4-3-5-8-16/h6,9-13,16,20,25H,3-5,7-8H2,1-2H3/b21-19-. The summed E-state index contributed by atoms with van der Waals surface area (Å²) < 4.78 is 5.29. The van der Waals surface area contributed by atoms with Gasteiger partial charge in [0, 0.05) is 16.5 Å². The van der Waals surface area contributed by atoms with Crippen LogP contribution < -0.4 is 4.74 Å². The number of benzene rings is 1. The number of Topliss-reactive ketones (excluding diaryl/α,β-unsaturated/α-hetero) is 1. The van der Waals surface area contributed by atoms with E-state index in [0.29, 0.717) is 11.3 Å². The van der Waals surface area contributed by atoms with Crippen LogP contribution in [-0.4, -0.2) is 34.8 Å². The number of carbonyl (C=O) groups excluding carboxylic acids is 2. The zero-order chi connectivity index (χ0) is 20.5. The highest BCUT2D eigenvalue weighted by molar-refractivity contribution is 7.10. The summed E-state index contributed by atoms with van der Waals surface area (Å²) in [5.41, 5.74) is 1.56. The fraction of sp³-hybridized carbons (Fsp3) is 0.391. The monoisotopic (exact) mass is 411 g/mol. The van der Waals surface area contributed by atoms with E-state index < -0.39 is 17.7 Å². The Morgan fingerprint density at radius 2 is 1.93 bits per heavy atom. The van der Waals surface area contributed by atoms with Crippen molar-refractivity contribution in [2.75, 3.05) is 7.11 Å². The van der Waals surface area contributed by atoms with Gasteiger partial charge in [-0.25, -0.2) is 0 Å². The van der Waals surface area contributed by atoms with Gasteiger partial charge in [-0.1, -0.05) is 25.3 Å². The Balaban J connectivity index is 1.83. The zero-order valence-electron chi connectivity index (χ0n) is 16.7. The summed E-state index contributed by atoms with van der Waals surface area (Å²) in [6.45, 7) is 1.88. The molecule has 0 radical (unpaired) electrons. The molecule has 29 heavy (non-hydrogen) atoms. The van der Waals surface area contributed by atoms with Gasteiger partial charge in [-0.05, 0) is 55.0 Å². The molecule has 1 saturated heterocycles. The Morgan fingerprint density at radius 3 is 2.55 bits per heavy atom. The number of ketones is 1. The number of nitrogens with zero attached hydrogens (tertiary/aromatic N) is 1. The molecule has 1 aliphatic carbocycles. The predicted molar refractivity (Wildman–Crippen MR) is 113 cm³/mol. The van der Waals surface area contributed by atoms with Crippen molar-refractivity contribution in [2.45, 2.75) is 51.1 Å². The lowest BCUT2D eigenvalue weighted by Gasteiger charge is -2.34. The molecule has 4 rings (SSSR count). The normalized spacial score (nSPS) is 22.3. The first-order chi connectivity index (χ1) is 14.0. The summed E-state index contributed by atoms with van der Waals surface area (Å²) in [6, 6.07) is 8.63. The van der Waals surface area contributed by atoms with E-state index in [2.05, 4.69) is 0 Å². The highest BCUT2D eigenvalue weighted by Gasteiger charge is 2.49. The highest BCUT2D eigenvalue weighted by atomic mass is 32.1. The summed E-state index contributed by atoms with van der Waals surface area (Å²) in [7, 11) is 1.59. The molecule has 1 saturated carbocycles. The van der Waals surface area contributed by atoms with Gasteiger partial charge in [-0.3, -0.25) is 9.59 Å². The number of aryl methyl sites for hydroxylation is 1. The van der Waals surface area contributed by atoms with E-state index in [-0.39, 0.29) is 17.4 Å². The average Bonchev–Trinajstić information content (AvgIpc) is 3.35. The number of aliphatic hydroxyl groups is 1. The van der Waals surface area contributed by atoms with E-state index in [9.17, 15) is 14.7 Å². The summed E-state index contributed by atoms with van der Waals surface area (Å²) in [5.74, 6) is -0.508. The van der Waals surface area contributed by atoms with E-state index in [4.69, 9.17) is 4.74 Å². The summed E-state index contributed by atoms with van der Waals surface area (Å²) in [4.78, 5) is 28.7. The number of hydrogen-bond donors (Lipinski definition) is 1. The third-order valence-corrected chi connectivity index (χ3v) is 6.85. The first kappa shape index (κ1) is 19.7. The van der Waals surface area contributed by atoms with Gasteiger partial charge >= 0.3 is 0 Å². The molecule has 1 unspecified atom stereocenters. The molecule has 6 heteroatoms. The Kier molecular flexibility index (Phi) is 5.46. The van der Waals surface area contributed by atoms with Gasteiger partial charge in [0.2, 0.25) is 0 Å². The van der Waals surface area contributed by atoms with E-state index in [0.717, 1.165) is 42.5 Å². The van der Waals surface area contributed by atoms with Crippen LogP contribution >= 0.6 is 11.3 Å². The Morgan fingerprint density at radius 1 is 1.17 bits per heavy atom. The lowest BCUT2D eigenvalue weighted by atomic mass is 9.92. The SMILES string of the molecule is COc1ccc(/C(O)=C2/C(=O)C(=O)N(C3CCCCC3)C2c2cccs2)cc1C. The van der Waals surface area contributed by atoms with Crippen LogP contribution in [-0.2, 0) is 9.59 Å². The molecule has 2 aliphatic rings. The first-order valence-electron chi connectivity index (χ1n) is 10.0. The summed E-state index contributed by atoms with van der Waals surface area (Å²) in [5, 5.41) is 13.1. The molecular formula is C23H25NO4S. The van der Waals surface area contributed by atoms with Crippen molar-refractivity contribution in [1.82, 2.24) is 4.90 Å². The molecule has 2 fully saturated rings. The van der Waals surface area contributed by atoms with Crippen LogP contribution in [0, 0.1) is 6.92 Å². The Hall–Kier alpha value is -2.60. The third kappa shape index (κ3) is 3.46. The van der Waals surface area contributed by atoms with Crippen LogP contribution in [0.2, 0.25) is 0 Å². The number of ether oxygens (including phenoxy) is 1. The van der Waals surface area contributed by atoms with Gasteiger partial charge in [0.05, 0.1) is 18.7 Å². The van der Waals surface area contributed by atoms with Crippen LogP contribution in [0.15, 0.2) is 41.3 Å². The lowest BCUT2D eigenvalue weighted by Crippen LogP contribution is -2.40. The Labute approximate surface area is 174 Å². The van der Waals surface area contributed by atoms with Gasteiger partial charge in [-0.2, -0.15) is 0 Å². The fourth-order valence-electron chi connectivity index (χ4n) is 4.49. The largest absolute Gasteiger partial charge is 0.507 e. The molecule has 1 aromatic carbocycles. The second kappa shape index (κ2) is 8.03. The van der Waals surface area contributed by atoms with Crippen molar-refractivity contribution in [2.24, 2.45) is 0 Å². The van der Waals surface area contributed by atoms with E-state index in [1.807, 2.05) is 24.4 Å². The maximum absolute atomic E-state index is 13.1. The maximum Gasteiger partial charge on any atom is 0.295 e. The molecule has 1 atom stereocenters. The second-order valence-electron chi connectivity index (χ2n) is 7.70. The van der Waals surface area contributed by atoms with Gasteiger partial charge < -0.3 is 14.7 Å². The highest BCUT2D eigenvalue weighted by Crippen LogP contribution is 2.44. The average molecular weight is 412 g/mol. The molecule has 152 valence electrons. The predicted octanol–water partition coefficient (Wildman–Crippen LogP) is 4.82. The number of carbonyl (C=O) groups is 2. The molecule has 2 aromatic rings. The number of hydrogen-bond acceptors (Lipinski definition) is 5. The minimum Gasteiger partial charge on any atom is -0.507 e. The van der Waals surface area contributed by atoms with Crippen molar-refractivity contribution in [3.63, 3.8) is 0 Å². The molecule has 1 N–H and O–H groups in total. The zero-order valence-corrected chi connectivity index (χ0v) is 17.5. The van der Waals surface area contributed by atoms with Crippen molar-refractivity contribution < 1.29 is 19.4 Å². The fourth-order valence-corrected chi connectivity index (χ4v) is 5.33. The minimum atomic E-state index is -0.597. The molecule has 0 bridgehead atoms. The van der Waals surface area contributed by atoms with Crippen LogP contribution in [0.3, 0.4) is 0 Å². The first-order valence-corrected chi connectivity index (χ1v) is 10.9. The number of rotatable bonds is 4. The van der Waals surface area contributed by atoms with Crippen molar-refractivity contribution in [3.05, 3.63) is 57.3 Å². The molecule has 2 heterocycles. The van der Waals surface area contributed by atoms with Gasteiger partial charge in [0.15, 0.2) is 0 Å². The van der Waals surface area contributed by atoms with Crippen molar-refractivity contribution in [3.8, 4) is 5.75 Å². The van der Waals surface area contributed by atoms with Crippen LogP contribution in [0.4, 0.5) is 0 Å². The number of likely N-dealkylation sites (tertiary alicyclic amines) is 1.